The zero-order valence-electron chi connectivity index (χ0n) is 19.3. The second-order valence-electron chi connectivity index (χ2n) is 8.77. The number of carbonyl (C=O) groups is 1. The van der Waals surface area contributed by atoms with Gasteiger partial charge in [0, 0.05) is 28.7 Å². The van der Waals surface area contributed by atoms with Crippen molar-refractivity contribution in [3.8, 4) is 11.4 Å². The molecule has 5 rings (SSSR count). The van der Waals surface area contributed by atoms with Crippen LogP contribution >= 0.6 is 0 Å². The molecule has 2 heterocycles. The zero-order chi connectivity index (χ0) is 23.5. The highest BCUT2D eigenvalue weighted by Crippen LogP contribution is 2.28. The minimum atomic E-state index is -0.160. The fraction of sp³-hybridized carbons (Fsp3) is 0.286. The van der Waals surface area contributed by atoms with Gasteiger partial charge in [0.15, 0.2) is 0 Å². The van der Waals surface area contributed by atoms with Crippen LogP contribution in [0.3, 0.4) is 0 Å². The first-order valence-corrected chi connectivity index (χ1v) is 11.8. The fourth-order valence-electron chi connectivity index (χ4n) is 4.88. The Morgan fingerprint density at radius 3 is 2.41 bits per heavy atom. The van der Waals surface area contributed by atoms with Crippen molar-refractivity contribution in [2.75, 3.05) is 7.11 Å². The molecule has 1 amide bonds. The molecule has 1 saturated carbocycles. The quantitative estimate of drug-likeness (QED) is 0.381. The van der Waals surface area contributed by atoms with Crippen molar-refractivity contribution in [2.45, 2.75) is 44.7 Å². The molecule has 0 aliphatic heterocycles. The van der Waals surface area contributed by atoms with Crippen LogP contribution in [0.25, 0.3) is 16.5 Å². The van der Waals surface area contributed by atoms with Gasteiger partial charge in [-0.25, -0.2) is 0 Å². The van der Waals surface area contributed by atoms with Crippen LogP contribution in [-0.2, 0) is 6.54 Å². The van der Waals surface area contributed by atoms with Gasteiger partial charge in [0.05, 0.1) is 25.5 Å². The van der Waals surface area contributed by atoms with Crippen LogP contribution in [-0.4, -0.2) is 28.5 Å². The first-order valence-electron chi connectivity index (χ1n) is 11.8. The number of benzene rings is 2. The average Bonchev–Trinajstić information content (AvgIpc) is 3.41. The SMILES string of the molecule is COc1ccc(-n2cc(C(=O)N(Cc3ccco3)C3CCCCC3)c3ccccc3c2=O)cc1. The molecule has 0 saturated heterocycles. The average molecular weight is 457 g/mol. The molecule has 1 aliphatic carbocycles. The Kier molecular flexibility index (Phi) is 6.21. The number of pyridine rings is 1. The maximum atomic E-state index is 14.1. The van der Waals surface area contributed by atoms with E-state index in [1.54, 1.807) is 30.2 Å². The van der Waals surface area contributed by atoms with Gasteiger partial charge in [0.25, 0.3) is 11.5 Å². The highest BCUT2D eigenvalue weighted by molar-refractivity contribution is 6.06. The molecule has 0 atom stereocenters. The lowest BCUT2D eigenvalue weighted by molar-refractivity contribution is 0.0598. The van der Waals surface area contributed by atoms with Gasteiger partial charge in [-0.1, -0.05) is 37.5 Å². The number of aromatic nitrogens is 1. The molecular weight excluding hydrogens is 428 g/mol. The van der Waals surface area contributed by atoms with E-state index in [4.69, 9.17) is 9.15 Å². The number of nitrogens with zero attached hydrogens (tertiary/aromatic N) is 2. The van der Waals surface area contributed by atoms with E-state index in [0.717, 1.165) is 31.4 Å². The summed E-state index contributed by atoms with van der Waals surface area (Å²) < 4.78 is 12.4. The number of hydrogen-bond donors (Lipinski definition) is 0. The van der Waals surface area contributed by atoms with Gasteiger partial charge < -0.3 is 14.1 Å². The van der Waals surface area contributed by atoms with Gasteiger partial charge in [-0.2, -0.15) is 0 Å². The van der Waals surface area contributed by atoms with Gasteiger partial charge in [-0.15, -0.1) is 0 Å². The van der Waals surface area contributed by atoms with Crippen molar-refractivity contribution in [3.63, 3.8) is 0 Å². The summed E-state index contributed by atoms with van der Waals surface area (Å²) >= 11 is 0. The molecule has 1 aliphatic rings. The number of furan rings is 1. The first-order chi connectivity index (χ1) is 16.7. The molecular formula is C28H28N2O4. The molecule has 0 bridgehead atoms. The molecule has 0 radical (unpaired) electrons. The van der Waals surface area contributed by atoms with Crippen LogP contribution < -0.4 is 10.3 Å². The monoisotopic (exact) mass is 456 g/mol. The van der Waals surface area contributed by atoms with Gasteiger partial charge >= 0.3 is 0 Å². The molecule has 2 aromatic heterocycles. The minimum Gasteiger partial charge on any atom is -0.497 e. The largest absolute Gasteiger partial charge is 0.497 e. The number of carbonyl (C=O) groups excluding carboxylic acids is 1. The molecule has 174 valence electrons. The third-order valence-electron chi connectivity index (χ3n) is 6.69. The van der Waals surface area contributed by atoms with Crippen molar-refractivity contribution >= 4 is 16.7 Å². The Labute approximate surface area is 198 Å². The second-order valence-corrected chi connectivity index (χ2v) is 8.77. The standard InChI is InChI=1S/C28H28N2O4/c1-33-22-15-13-21(14-16-22)30-19-26(24-11-5-6-12-25(24)27(30)31)28(32)29(18-23-10-7-17-34-23)20-8-3-2-4-9-20/h5-7,10-17,19-20H,2-4,8-9,18H2,1H3. The minimum absolute atomic E-state index is 0.0817. The van der Waals surface area contributed by atoms with Crippen LogP contribution in [0.4, 0.5) is 0 Å². The van der Waals surface area contributed by atoms with E-state index in [0.29, 0.717) is 34.3 Å². The Hall–Kier alpha value is -3.80. The predicted molar refractivity (Wildman–Crippen MR) is 132 cm³/mol. The fourth-order valence-corrected chi connectivity index (χ4v) is 4.88. The summed E-state index contributed by atoms with van der Waals surface area (Å²) in [5.74, 6) is 1.38. The van der Waals surface area contributed by atoms with Crippen LogP contribution in [0.1, 0.15) is 48.2 Å². The van der Waals surface area contributed by atoms with Gasteiger partial charge in [-0.3, -0.25) is 14.2 Å². The first kappa shape index (κ1) is 22.0. The summed E-state index contributed by atoms with van der Waals surface area (Å²) in [6, 6.07) is 18.5. The maximum Gasteiger partial charge on any atom is 0.262 e. The summed E-state index contributed by atoms with van der Waals surface area (Å²) in [7, 11) is 1.60. The second kappa shape index (κ2) is 9.59. The Bertz CT molecular complexity index is 1330. The topological polar surface area (TPSA) is 64.7 Å². The lowest BCUT2D eigenvalue weighted by atomic mass is 9.93. The summed E-state index contributed by atoms with van der Waals surface area (Å²) in [5, 5.41) is 1.19. The summed E-state index contributed by atoms with van der Waals surface area (Å²) in [5.41, 5.74) is 1.04. The number of methoxy groups -OCH3 is 1. The van der Waals surface area contributed by atoms with Crippen LogP contribution in [0, 0.1) is 0 Å². The zero-order valence-corrected chi connectivity index (χ0v) is 19.3. The Morgan fingerprint density at radius 1 is 1.00 bits per heavy atom. The van der Waals surface area contributed by atoms with Gasteiger partial charge in [0.1, 0.15) is 11.5 Å². The molecule has 2 aromatic carbocycles. The number of rotatable bonds is 6. The molecule has 4 aromatic rings. The van der Waals surface area contributed by atoms with Crippen molar-refractivity contribution in [3.05, 3.63) is 94.8 Å². The normalized spacial score (nSPS) is 14.3. The Balaban J connectivity index is 1.63. The van der Waals surface area contributed by atoms with Crippen LogP contribution in [0.5, 0.6) is 5.75 Å². The molecule has 6 nitrogen and oxygen atoms in total. The summed E-state index contributed by atoms with van der Waals surface area (Å²) in [4.78, 5) is 29.4. The lowest BCUT2D eigenvalue weighted by Gasteiger charge is -2.34. The number of amides is 1. The molecule has 1 fully saturated rings. The van der Waals surface area contributed by atoms with E-state index in [9.17, 15) is 9.59 Å². The highest BCUT2D eigenvalue weighted by Gasteiger charge is 2.29. The third-order valence-corrected chi connectivity index (χ3v) is 6.69. The molecule has 0 spiro atoms. The van der Waals surface area contributed by atoms with E-state index >= 15 is 0 Å². The summed E-state index contributed by atoms with van der Waals surface area (Å²) in [6.07, 6.45) is 8.69. The number of ether oxygens (including phenoxy) is 1. The number of fused-ring (bicyclic) bond motifs is 1. The van der Waals surface area contributed by atoms with E-state index < -0.39 is 0 Å². The molecule has 34 heavy (non-hydrogen) atoms. The van der Waals surface area contributed by atoms with Gasteiger partial charge in [0.2, 0.25) is 0 Å². The van der Waals surface area contributed by atoms with Crippen LogP contribution in [0.15, 0.2) is 82.3 Å². The Morgan fingerprint density at radius 2 is 1.74 bits per heavy atom. The predicted octanol–water partition coefficient (Wildman–Crippen LogP) is 5.57. The summed E-state index contributed by atoms with van der Waals surface area (Å²) in [6.45, 7) is 0.409. The smallest absolute Gasteiger partial charge is 0.262 e. The van der Waals surface area contributed by atoms with E-state index in [1.165, 1.54) is 6.42 Å². The van der Waals surface area contributed by atoms with Crippen LogP contribution in [0.2, 0.25) is 0 Å². The molecule has 6 heteroatoms. The maximum absolute atomic E-state index is 14.1. The third kappa shape index (κ3) is 4.23. The van der Waals surface area contributed by atoms with Crippen molar-refractivity contribution < 1.29 is 13.9 Å². The van der Waals surface area contributed by atoms with Crippen molar-refractivity contribution in [1.29, 1.82) is 0 Å². The van der Waals surface area contributed by atoms with E-state index in [-0.39, 0.29) is 17.5 Å². The van der Waals surface area contributed by atoms with Gasteiger partial charge in [-0.05, 0) is 55.3 Å². The van der Waals surface area contributed by atoms with E-state index in [1.807, 2.05) is 59.5 Å². The lowest BCUT2D eigenvalue weighted by Crippen LogP contribution is -2.41. The molecule has 0 unspecified atom stereocenters. The highest BCUT2D eigenvalue weighted by atomic mass is 16.5. The number of hydrogen-bond acceptors (Lipinski definition) is 4. The van der Waals surface area contributed by atoms with E-state index in [2.05, 4.69) is 0 Å². The van der Waals surface area contributed by atoms with Crippen molar-refractivity contribution in [2.24, 2.45) is 0 Å². The molecule has 0 N–H and O–H groups in total. The van der Waals surface area contributed by atoms with Crippen molar-refractivity contribution in [1.82, 2.24) is 9.47 Å².